The van der Waals surface area contributed by atoms with Gasteiger partial charge < -0.3 is 20.4 Å². The minimum atomic E-state index is -0.162. The monoisotopic (exact) mass is 382 g/mol. The molecule has 2 rings (SSSR count). The first-order valence-electron chi connectivity index (χ1n) is 9.50. The van der Waals surface area contributed by atoms with Crippen LogP contribution in [0.3, 0.4) is 0 Å². The Morgan fingerprint density at radius 1 is 0.929 bits per heavy atom. The van der Waals surface area contributed by atoms with Crippen molar-refractivity contribution in [2.45, 2.75) is 26.4 Å². The van der Waals surface area contributed by atoms with Gasteiger partial charge in [0.2, 0.25) is 0 Å². The topological polar surface area (TPSA) is 64.7 Å². The Labute approximate surface area is 167 Å². The van der Waals surface area contributed by atoms with Crippen LogP contribution in [-0.2, 0) is 6.54 Å². The first-order chi connectivity index (χ1) is 13.3. The van der Waals surface area contributed by atoms with Crippen molar-refractivity contribution >= 4 is 17.6 Å². The third-order valence-electron chi connectivity index (χ3n) is 4.14. The highest BCUT2D eigenvalue weighted by atomic mass is 16.2. The van der Waals surface area contributed by atoms with Crippen LogP contribution in [0, 0.1) is 0 Å². The van der Waals surface area contributed by atoms with Crippen molar-refractivity contribution in [3.05, 3.63) is 65.7 Å². The molecule has 0 aromatic heterocycles. The van der Waals surface area contributed by atoms with Crippen LogP contribution in [0.1, 0.15) is 29.8 Å². The second kappa shape index (κ2) is 10.5. The molecule has 6 heteroatoms. The lowest BCUT2D eigenvalue weighted by Crippen LogP contribution is -2.39. The van der Waals surface area contributed by atoms with E-state index in [4.69, 9.17) is 0 Å². The van der Waals surface area contributed by atoms with Crippen LogP contribution in [0.4, 0.5) is 10.5 Å². The fourth-order valence-corrected chi connectivity index (χ4v) is 2.63. The van der Waals surface area contributed by atoms with Gasteiger partial charge in [0, 0.05) is 36.9 Å². The quantitative estimate of drug-likeness (QED) is 0.735. The highest BCUT2D eigenvalue weighted by Crippen LogP contribution is 2.12. The highest BCUT2D eigenvalue weighted by Gasteiger charge is 2.15. The lowest BCUT2D eigenvalue weighted by atomic mass is 10.2. The maximum Gasteiger partial charge on any atom is 0.322 e. The number of nitrogens with zero attached hydrogens (tertiary/aromatic N) is 2. The smallest absolute Gasteiger partial charge is 0.322 e. The van der Waals surface area contributed by atoms with Crippen LogP contribution in [0.2, 0.25) is 0 Å². The number of benzene rings is 2. The zero-order chi connectivity index (χ0) is 20.5. The summed E-state index contributed by atoms with van der Waals surface area (Å²) in [4.78, 5) is 28.7. The van der Waals surface area contributed by atoms with Crippen LogP contribution >= 0.6 is 0 Å². The zero-order valence-electron chi connectivity index (χ0n) is 17.1. The highest BCUT2D eigenvalue weighted by molar-refractivity contribution is 5.95. The number of likely N-dealkylation sites (N-methyl/N-ethyl adjacent to an activating group) is 1. The molecule has 2 N–H and O–H groups in total. The SMILES string of the molecule is CC(C)NC(=O)c1ccc(NC(=O)N(CCN(C)C)Cc2ccccc2)cc1. The summed E-state index contributed by atoms with van der Waals surface area (Å²) in [5.74, 6) is -0.121. The number of hydrogen-bond acceptors (Lipinski definition) is 3. The summed E-state index contributed by atoms with van der Waals surface area (Å²) in [5, 5.41) is 5.78. The largest absolute Gasteiger partial charge is 0.350 e. The summed E-state index contributed by atoms with van der Waals surface area (Å²) in [6, 6.07) is 16.8. The predicted molar refractivity (Wildman–Crippen MR) is 113 cm³/mol. The van der Waals surface area contributed by atoms with Gasteiger partial charge in [-0.3, -0.25) is 4.79 Å². The molecule has 0 saturated carbocycles. The van der Waals surface area contributed by atoms with Crippen LogP contribution in [0.25, 0.3) is 0 Å². The maximum atomic E-state index is 12.8. The molecular weight excluding hydrogens is 352 g/mol. The van der Waals surface area contributed by atoms with Crippen LogP contribution in [0.5, 0.6) is 0 Å². The molecule has 150 valence electrons. The van der Waals surface area contributed by atoms with E-state index in [9.17, 15) is 9.59 Å². The molecule has 0 aliphatic rings. The van der Waals surface area contributed by atoms with E-state index in [1.807, 2.05) is 63.2 Å². The Hall–Kier alpha value is -2.86. The average molecular weight is 383 g/mol. The van der Waals surface area contributed by atoms with Gasteiger partial charge in [-0.2, -0.15) is 0 Å². The van der Waals surface area contributed by atoms with E-state index < -0.39 is 0 Å². The molecule has 2 aromatic rings. The maximum absolute atomic E-state index is 12.8. The van der Waals surface area contributed by atoms with Crippen molar-refractivity contribution in [3.63, 3.8) is 0 Å². The number of hydrogen-bond donors (Lipinski definition) is 2. The Balaban J connectivity index is 2.04. The van der Waals surface area contributed by atoms with E-state index in [-0.39, 0.29) is 18.0 Å². The molecule has 0 saturated heterocycles. The molecule has 0 aliphatic heterocycles. The molecule has 0 bridgehead atoms. The lowest BCUT2D eigenvalue weighted by Gasteiger charge is -2.25. The molecule has 3 amide bonds. The van der Waals surface area contributed by atoms with Gasteiger partial charge in [0.1, 0.15) is 0 Å². The van der Waals surface area contributed by atoms with Crippen LogP contribution in [-0.4, -0.2) is 55.0 Å². The van der Waals surface area contributed by atoms with Crippen molar-refractivity contribution in [2.75, 3.05) is 32.5 Å². The third-order valence-corrected chi connectivity index (χ3v) is 4.14. The number of rotatable bonds is 8. The summed E-state index contributed by atoms with van der Waals surface area (Å²) in [7, 11) is 3.97. The fraction of sp³-hybridized carbons (Fsp3) is 0.364. The van der Waals surface area contributed by atoms with E-state index in [1.165, 1.54) is 0 Å². The van der Waals surface area contributed by atoms with Crippen molar-refractivity contribution in [2.24, 2.45) is 0 Å². The van der Waals surface area contributed by atoms with E-state index in [0.29, 0.717) is 24.3 Å². The van der Waals surface area contributed by atoms with Crippen LogP contribution in [0.15, 0.2) is 54.6 Å². The molecule has 2 aromatic carbocycles. The normalized spacial score (nSPS) is 10.8. The van der Waals surface area contributed by atoms with Crippen molar-refractivity contribution in [1.29, 1.82) is 0 Å². The average Bonchev–Trinajstić information content (AvgIpc) is 2.65. The van der Waals surface area contributed by atoms with E-state index in [0.717, 1.165) is 12.1 Å². The van der Waals surface area contributed by atoms with E-state index in [1.54, 1.807) is 29.2 Å². The standard InChI is InChI=1S/C22H30N4O2/c1-17(2)23-21(27)19-10-12-20(13-11-19)24-22(28)26(15-14-25(3)4)16-18-8-6-5-7-9-18/h5-13,17H,14-16H2,1-4H3,(H,23,27)(H,24,28). The van der Waals surface area contributed by atoms with Crippen molar-refractivity contribution < 1.29 is 9.59 Å². The van der Waals surface area contributed by atoms with Gasteiger partial charge in [0.25, 0.3) is 5.91 Å². The Morgan fingerprint density at radius 3 is 2.14 bits per heavy atom. The van der Waals surface area contributed by atoms with Crippen molar-refractivity contribution in [1.82, 2.24) is 15.1 Å². The summed E-state index contributed by atoms with van der Waals surface area (Å²) in [6.45, 7) is 5.76. The first kappa shape index (κ1) is 21.4. The molecule has 28 heavy (non-hydrogen) atoms. The molecule has 0 atom stereocenters. The summed E-state index contributed by atoms with van der Waals surface area (Å²) >= 11 is 0. The summed E-state index contributed by atoms with van der Waals surface area (Å²) < 4.78 is 0. The number of carbonyl (C=O) groups is 2. The van der Waals surface area contributed by atoms with Gasteiger partial charge in [-0.05, 0) is 57.8 Å². The van der Waals surface area contributed by atoms with Crippen LogP contribution < -0.4 is 10.6 Å². The van der Waals surface area contributed by atoms with Gasteiger partial charge in [-0.15, -0.1) is 0 Å². The van der Waals surface area contributed by atoms with Gasteiger partial charge >= 0.3 is 6.03 Å². The molecule has 0 aliphatic carbocycles. The second-order valence-electron chi connectivity index (χ2n) is 7.35. The predicted octanol–water partition coefficient (Wildman–Crippen LogP) is 3.42. The fourth-order valence-electron chi connectivity index (χ4n) is 2.63. The number of urea groups is 1. The first-order valence-corrected chi connectivity index (χ1v) is 9.50. The Bertz CT molecular complexity index is 758. The summed E-state index contributed by atoms with van der Waals surface area (Å²) in [6.07, 6.45) is 0. The van der Waals surface area contributed by atoms with Gasteiger partial charge in [0.15, 0.2) is 0 Å². The molecule has 6 nitrogen and oxygen atoms in total. The molecule has 0 fully saturated rings. The molecule has 0 radical (unpaired) electrons. The second-order valence-corrected chi connectivity index (χ2v) is 7.35. The minimum absolute atomic E-state index is 0.0788. The Kier molecular flexibility index (Phi) is 8.02. The van der Waals surface area contributed by atoms with Crippen molar-refractivity contribution in [3.8, 4) is 0 Å². The minimum Gasteiger partial charge on any atom is -0.350 e. The molecule has 0 unspecified atom stereocenters. The molecule has 0 heterocycles. The van der Waals surface area contributed by atoms with Gasteiger partial charge in [-0.1, -0.05) is 30.3 Å². The Morgan fingerprint density at radius 2 is 1.57 bits per heavy atom. The number of amides is 3. The number of carbonyl (C=O) groups excluding carboxylic acids is 2. The van der Waals surface area contributed by atoms with Gasteiger partial charge in [-0.25, -0.2) is 4.79 Å². The molecule has 0 spiro atoms. The summed E-state index contributed by atoms with van der Waals surface area (Å²) in [5.41, 5.74) is 2.31. The lowest BCUT2D eigenvalue weighted by molar-refractivity contribution is 0.0943. The number of anilines is 1. The van der Waals surface area contributed by atoms with E-state index in [2.05, 4.69) is 10.6 Å². The van der Waals surface area contributed by atoms with E-state index >= 15 is 0 Å². The number of nitrogens with one attached hydrogen (secondary N) is 2. The zero-order valence-corrected chi connectivity index (χ0v) is 17.1. The third kappa shape index (κ3) is 7.04. The molecular formula is C22H30N4O2. The van der Waals surface area contributed by atoms with Gasteiger partial charge in [0.05, 0.1) is 0 Å².